The largest absolute Gasteiger partial charge is 0.480 e. The number of aryl methyl sites for hydroxylation is 1. The van der Waals surface area contributed by atoms with Crippen LogP contribution in [0.15, 0.2) is 17.2 Å². The number of aromatic nitrogens is 1. The van der Waals surface area contributed by atoms with Gasteiger partial charge in [-0.05, 0) is 20.0 Å². The first-order valence-corrected chi connectivity index (χ1v) is 7.40. The van der Waals surface area contributed by atoms with Crippen LogP contribution in [0.2, 0.25) is 0 Å². The Bertz CT molecular complexity index is 649. The average molecular weight is 319 g/mol. The molecule has 1 rings (SSSR count). The van der Waals surface area contributed by atoms with E-state index in [1.54, 1.807) is 0 Å². The van der Waals surface area contributed by atoms with Crippen LogP contribution in [0.4, 0.5) is 0 Å². The second kappa shape index (κ2) is 6.24. The molecule has 0 saturated heterocycles. The number of nitrogens with one attached hydrogen (secondary N) is 2. The van der Waals surface area contributed by atoms with Gasteiger partial charge in [-0.2, -0.15) is 0 Å². The summed E-state index contributed by atoms with van der Waals surface area (Å²) in [5.41, 5.74) is -0.0456. The Labute approximate surface area is 121 Å². The van der Waals surface area contributed by atoms with Crippen molar-refractivity contribution in [2.45, 2.75) is 24.0 Å². The van der Waals surface area contributed by atoms with E-state index in [-0.39, 0.29) is 10.6 Å². The van der Waals surface area contributed by atoms with Crippen molar-refractivity contribution in [2.24, 2.45) is 7.05 Å². The van der Waals surface area contributed by atoms with Gasteiger partial charge in [0, 0.05) is 13.2 Å². The van der Waals surface area contributed by atoms with E-state index in [4.69, 9.17) is 5.11 Å². The Kier molecular flexibility index (Phi) is 5.10. The summed E-state index contributed by atoms with van der Waals surface area (Å²) in [5.74, 6) is -2.20. The first-order valence-electron chi connectivity index (χ1n) is 5.91. The third kappa shape index (κ3) is 3.80. The zero-order valence-electron chi connectivity index (χ0n) is 11.7. The van der Waals surface area contributed by atoms with Gasteiger partial charge in [0.05, 0.1) is 6.10 Å². The minimum absolute atomic E-state index is 0.0456. The van der Waals surface area contributed by atoms with Gasteiger partial charge in [0.25, 0.3) is 5.91 Å². The van der Waals surface area contributed by atoms with Crippen LogP contribution in [0.25, 0.3) is 0 Å². The molecule has 0 fully saturated rings. The number of aliphatic hydroxyl groups excluding tert-OH is 1. The van der Waals surface area contributed by atoms with E-state index in [0.717, 1.165) is 6.07 Å². The van der Waals surface area contributed by atoms with Crippen LogP contribution in [0.3, 0.4) is 0 Å². The van der Waals surface area contributed by atoms with Crippen molar-refractivity contribution in [3.05, 3.63) is 18.0 Å². The van der Waals surface area contributed by atoms with Gasteiger partial charge in [0.1, 0.15) is 10.6 Å². The Hall–Kier alpha value is -1.91. The molecule has 0 aliphatic carbocycles. The summed E-state index contributed by atoms with van der Waals surface area (Å²) in [6.07, 6.45) is -0.0777. The zero-order valence-corrected chi connectivity index (χ0v) is 12.5. The van der Waals surface area contributed by atoms with E-state index >= 15 is 0 Å². The Balaban J connectivity index is 3.07. The fourth-order valence-corrected chi connectivity index (χ4v) is 2.43. The average Bonchev–Trinajstić information content (AvgIpc) is 2.77. The van der Waals surface area contributed by atoms with E-state index in [1.807, 2.05) is 0 Å². The smallest absolute Gasteiger partial charge is 0.328 e. The molecule has 118 valence electrons. The van der Waals surface area contributed by atoms with Crippen LogP contribution in [-0.4, -0.2) is 54.3 Å². The third-order valence-corrected chi connectivity index (χ3v) is 4.21. The molecule has 2 atom stereocenters. The highest BCUT2D eigenvalue weighted by Crippen LogP contribution is 2.13. The van der Waals surface area contributed by atoms with Crippen LogP contribution < -0.4 is 10.0 Å². The maximum Gasteiger partial charge on any atom is 0.328 e. The first-order chi connectivity index (χ1) is 9.60. The summed E-state index contributed by atoms with van der Waals surface area (Å²) < 4.78 is 26.6. The lowest BCUT2D eigenvalue weighted by Gasteiger charge is -2.17. The van der Waals surface area contributed by atoms with Crippen molar-refractivity contribution in [2.75, 3.05) is 7.05 Å². The van der Waals surface area contributed by atoms with Gasteiger partial charge in [0.2, 0.25) is 10.0 Å². The van der Waals surface area contributed by atoms with E-state index < -0.39 is 34.0 Å². The lowest BCUT2D eigenvalue weighted by molar-refractivity contribution is -0.141. The number of carboxylic acid groups (broad SMARTS) is 1. The van der Waals surface area contributed by atoms with Gasteiger partial charge in [-0.3, -0.25) is 4.79 Å². The summed E-state index contributed by atoms with van der Waals surface area (Å²) in [5, 5.41) is 20.3. The predicted molar refractivity (Wildman–Crippen MR) is 72.2 cm³/mol. The number of sulfonamides is 1. The highest BCUT2D eigenvalue weighted by molar-refractivity contribution is 7.89. The SMILES string of the molecule is CNS(=O)(=O)c1cc(C(=O)NC(C(=O)O)C(C)O)n(C)c1. The summed E-state index contributed by atoms with van der Waals surface area (Å²) in [6, 6.07) is -0.376. The maximum atomic E-state index is 12.0. The van der Waals surface area contributed by atoms with Gasteiger partial charge in [-0.15, -0.1) is 0 Å². The fraction of sp³-hybridized carbons (Fsp3) is 0.455. The van der Waals surface area contributed by atoms with Crippen LogP contribution in [0.5, 0.6) is 0 Å². The molecule has 10 heteroatoms. The van der Waals surface area contributed by atoms with E-state index in [1.165, 1.54) is 31.8 Å². The molecule has 1 aromatic heterocycles. The summed E-state index contributed by atoms with van der Waals surface area (Å²) in [6.45, 7) is 1.22. The Morgan fingerprint density at radius 3 is 2.38 bits per heavy atom. The van der Waals surface area contributed by atoms with Crippen molar-refractivity contribution in [3.63, 3.8) is 0 Å². The number of hydrogen-bond acceptors (Lipinski definition) is 5. The molecule has 1 heterocycles. The van der Waals surface area contributed by atoms with Gasteiger partial charge >= 0.3 is 5.97 Å². The fourth-order valence-electron chi connectivity index (χ4n) is 1.63. The van der Waals surface area contributed by atoms with Crippen LogP contribution in [0.1, 0.15) is 17.4 Å². The summed E-state index contributed by atoms with van der Waals surface area (Å²) in [4.78, 5) is 22.8. The van der Waals surface area contributed by atoms with Crippen LogP contribution >= 0.6 is 0 Å². The summed E-state index contributed by atoms with van der Waals surface area (Å²) in [7, 11) is -1.03. The molecule has 0 spiro atoms. The second-order valence-electron chi connectivity index (χ2n) is 4.41. The van der Waals surface area contributed by atoms with Gasteiger partial charge in [0.15, 0.2) is 6.04 Å². The van der Waals surface area contributed by atoms with Crippen molar-refractivity contribution < 1.29 is 28.2 Å². The van der Waals surface area contributed by atoms with Gasteiger partial charge in [-0.1, -0.05) is 0 Å². The molecule has 0 radical (unpaired) electrons. The molecular formula is C11H17N3O6S. The van der Waals surface area contributed by atoms with Crippen LogP contribution in [-0.2, 0) is 21.9 Å². The Morgan fingerprint density at radius 1 is 1.38 bits per heavy atom. The van der Waals surface area contributed by atoms with Crippen molar-refractivity contribution in [1.29, 1.82) is 0 Å². The summed E-state index contributed by atoms with van der Waals surface area (Å²) >= 11 is 0. The first kappa shape index (κ1) is 17.1. The van der Waals surface area contributed by atoms with Crippen LogP contribution in [0, 0.1) is 0 Å². The highest BCUT2D eigenvalue weighted by atomic mass is 32.2. The minimum atomic E-state index is -3.71. The molecule has 0 saturated carbocycles. The number of amides is 1. The maximum absolute atomic E-state index is 12.0. The Morgan fingerprint density at radius 2 is 1.95 bits per heavy atom. The quantitative estimate of drug-likeness (QED) is 0.503. The van der Waals surface area contributed by atoms with E-state index in [2.05, 4.69) is 10.0 Å². The van der Waals surface area contributed by atoms with Crippen molar-refractivity contribution in [3.8, 4) is 0 Å². The topological polar surface area (TPSA) is 138 Å². The number of nitrogens with zero attached hydrogens (tertiary/aromatic N) is 1. The lowest BCUT2D eigenvalue weighted by atomic mass is 10.2. The standard InChI is InChI=1S/C11H17N3O6S/c1-6(15)9(11(17)18)13-10(16)8-4-7(5-14(8)3)21(19,20)12-2/h4-6,9,12,15H,1-3H3,(H,13,16)(H,17,18). The molecule has 2 unspecified atom stereocenters. The van der Waals surface area contributed by atoms with Gasteiger partial charge < -0.3 is 20.1 Å². The highest BCUT2D eigenvalue weighted by Gasteiger charge is 2.27. The van der Waals surface area contributed by atoms with Crippen molar-refractivity contribution in [1.82, 2.24) is 14.6 Å². The number of carbonyl (C=O) groups is 2. The molecular weight excluding hydrogens is 302 g/mol. The third-order valence-electron chi connectivity index (χ3n) is 2.83. The normalized spacial score (nSPS) is 14.5. The number of aliphatic carboxylic acids is 1. The number of hydrogen-bond donors (Lipinski definition) is 4. The zero-order chi connectivity index (χ0) is 16.4. The molecule has 1 aromatic rings. The second-order valence-corrected chi connectivity index (χ2v) is 6.30. The van der Waals surface area contributed by atoms with E-state index in [0.29, 0.717) is 0 Å². The molecule has 0 aromatic carbocycles. The predicted octanol–water partition coefficient (Wildman–Crippen LogP) is -1.50. The lowest BCUT2D eigenvalue weighted by Crippen LogP contribution is -2.48. The molecule has 9 nitrogen and oxygen atoms in total. The monoisotopic (exact) mass is 319 g/mol. The number of carboxylic acids is 1. The van der Waals surface area contributed by atoms with Crippen molar-refractivity contribution >= 4 is 21.9 Å². The molecule has 0 aliphatic heterocycles. The molecule has 21 heavy (non-hydrogen) atoms. The van der Waals surface area contributed by atoms with Gasteiger partial charge in [-0.25, -0.2) is 17.9 Å². The number of aliphatic hydroxyl groups is 1. The van der Waals surface area contributed by atoms with E-state index in [9.17, 15) is 23.1 Å². The number of carbonyl (C=O) groups excluding carboxylic acids is 1. The molecule has 0 aliphatic rings. The number of rotatable bonds is 6. The molecule has 1 amide bonds. The molecule has 4 N–H and O–H groups in total. The molecule has 0 bridgehead atoms. The minimum Gasteiger partial charge on any atom is -0.480 e.